The fraction of sp³-hybridized carbons (Fsp3) is 1.00. The molecule has 0 bridgehead atoms. The van der Waals surface area contributed by atoms with E-state index in [-0.39, 0.29) is 0 Å². The Kier molecular flexibility index (Phi) is 4.62. The smallest absolute Gasteiger partial charge is 0.0590 e. The van der Waals surface area contributed by atoms with E-state index in [1.807, 2.05) is 0 Å². The third kappa shape index (κ3) is 2.96. The van der Waals surface area contributed by atoms with Crippen LogP contribution < -0.4 is 5.32 Å². The van der Waals surface area contributed by atoms with Crippen LogP contribution in [-0.4, -0.2) is 49.8 Å². The summed E-state index contributed by atoms with van der Waals surface area (Å²) in [6.45, 7) is 5.57. The molecule has 0 radical (unpaired) electrons. The molecule has 0 aromatic rings. The number of ether oxygens (including phenoxy) is 1. The van der Waals surface area contributed by atoms with Crippen LogP contribution in [0, 0.1) is 0 Å². The summed E-state index contributed by atoms with van der Waals surface area (Å²) >= 11 is 0. The number of nitrogens with zero attached hydrogens (tertiary/aromatic N) is 1. The monoisotopic (exact) mass is 226 g/mol. The van der Waals surface area contributed by atoms with E-state index in [1.165, 1.54) is 45.2 Å². The lowest BCUT2D eigenvalue weighted by atomic mass is 9.97. The Bertz CT molecular complexity index is 202. The Balaban J connectivity index is 1.82. The molecule has 0 aromatic heterocycles. The van der Waals surface area contributed by atoms with Crippen LogP contribution in [0.25, 0.3) is 0 Å². The maximum Gasteiger partial charge on any atom is 0.0590 e. The van der Waals surface area contributed by atoms with Crippen LogP contribution in [0.1, 0.15) is 39.0 Å². The molecule has 2 rings (SSSR count). The van der Waals surface area contributed by atoms with E-state index < -0.39 is 0 Å². The first kappa shape index (κ1) is 12.3. The van der Waals surface area contributed by atoms with Crippen molar-refractivity contribution in [2.24, 2.45) is 0 Å². The second-order valence-electron chi connectivity index (χ2n) is 5.27. The van der Waals surface area contributed by atoms with Crippen molar-refractivity contribution in [3.63, 3.8) is 0 Å². The summed E-state index contributed by atoms with van der Waals surface area (Å²) in [4.78, 5) is 2.60. The molecule has 2 aliphatic heterocycles. The first-order valence-electron chi connectivity index (χ1n) is 6.85. The van der Waals surface area contributed by atoms with E-state index >= 15 is 0 Å². The van der Waals surface area contributed by atoms with Gasteiger partial charge in [0.05, 0.1) is 6.10 Å². The summed E-state index contributed by atoms with van der Waals surface area (Å²) in [6, 6.07) is 1.50. The second kappa shape index (κ2) is 5.99. The Morgan fingerprint density at radius 2 is 2.19 bits per heavy atom. The maximum absolute atomic E-state index is 5.82. The average molecular weight is 226 g/mol. The molecule has 2 heterocycles. The lowest BCUT2D eigenvalue weighted by Gasteiger charge is -2.38. The molecule has 0 saturated carbocycles. The molecule has 16 heavy (non-hydrogen) atoms. The highest BCUT2D eigenvalue weighted by atomic mass is 16.5. The Morgan fingerprint density at radius 1 is 1.31 bits per heavy atom. The Hall–Kier alpha value is -0.120. The molecular formula is C13H26N2O. The van der Waals surface area contributed by atoms with Gasteiger partial charge in [-0.15, -0.1) is 0 Å². The molecule has 3 nitrogen and oxygen atoms in total. The summed E-state index contributed by atoms with van der Waals surface area (Å²) < 4.78 is 5.82. The number of hydrogen-bond acceptors (Lipinski definition) is 3. The van der Waals surface area contributed by atoms with E-state index in [2.05, 4.69) is 24.2 Å². The molecule has 1 N–H and O–H groups in total. The summed E-state index contributed by atoms with van der Waals surface area (Å²) in [5.74, 6) is 0. The van der Waals surface area contributed by atoms with Crippen LogP contribution in [0.4, 0.5) is 0 Å². The summed E-state index contributed by atoms with van der Waals surface area (Å²) in [7, 11) is 2.30. The van der Waals surface area contributed by atoms with E-state index in [0.717, 1.165) is 18.7 Å². The molecule has 2 saturated heterocycles. The maximum atomic E-state index is 5.82. The topological polar surface area (TPSA) is 24.5 Å². The number of hydrogen-bond donors (Lipinski definition) is 1. The molecule has 0 amide bonds. The third-order valence-electron chi connectivity index (χ3n) is 4.14. The Labute approximate surface area is 99.5 Å². The number of likely N-dealkylation sites (N-methyl/N-ethyl adjacent to an activating group) is 1. The molecule has 94 valence electrons. The highest BCUT2D eigenvalue weighted by Crippen LogP contribution is 2.23. The zero-order valence-electron chi connectivity index (χ0n) is 10.7. The fourth-order valence-corrected chi connectivity index (χ4v) is 3.04. The van der Waals surface area contributed by atoms with Gasteiger partial charge in [0.15, 0.2) is 0 Å². The number of nitrogens with one attached hydrogen (secondary N) is 1. The summed E-state index contributed by atoms with van der Waals surface area (Å²) in [5.41, 5.74) is 0. The quantitative estimate of drug-likeness (QED) is 0.788. The predicted octanol–water partition coefficient (Wildman–Crippen LogP) is 1.63. The molecule has 3 atom stereocenters. The molecule has 2 aliphatic rings. The van der Waals surface area contributed by atoms with Crippen molar-refractivity contribution in [2.45, 2.75) is 57.2 Å². The summed E-state index contributed by atoms with van der Waals surface area (Å²) in [6.07, 6.45) is 6.75. The van der Waals surface area contributed by atoms with Crippen LogP contribution in [-0.2, 0) is 4.74 Å². The van der Waals surface area contributed by atoms with Crippen LogP contribution >= 0.6 is 0 Å². The lowest BCUT2D eigenvalue weighted by Crippen LogP contribution is -2.46. The van der Waals surface area contributed by atoms with Gasteiger partial charge in [0, 0.05) is 25.2 Å². The molecule has 0 aliphatic carbocycles. The van der Waals surface area contributed by atoms with Crippen molar-refractivity contribution < 1.29 is 4.74 Å². The van der Waals surface area contributed by atoms with E-state index in [0.29, 0.717) is 6.10 Å². The lowest BCUT2D eigenvalue weighted by molar-refractivity contribution is -0.0321. The normalized spacial score (nSPS) is 35.8. The van der Waals surface area contributed by atoms with Gasteiger partial charge < -0.3 is 10.1 Å². The van der Waals surface area contributed by atoms with Gasteiger partial charge in [-0.05, 0) is 39.3 Å². The van der Waals surface area contributed by atoms with E-state index in [4.69, 9.17) is 4.74 Å². The number of rotatable bonds is 4. The fourth-order valence-electron chi connectivity index (χ4n) is 3.04. The molecular weight excluding hydrogens is 200 g/mol. The van der Waals surface area contributed by atoms with Gasteiger partial charge in [0.2, 0.25) is 0 Å². The van der Waals surface area contributed by atoms with Crippen molar-refractivity contribution in [3.8, 4) is 0 Å². The van der Waals surface area contributed by atoms with Gasteiger partial charge in [0.1, 0.15) is 0 Å². The van der Waals surface area contributed by atoms with Crippen molar-refractivity contribution in [3.05, 3.63) is 0 Å². The first-order valence-corrected chi connectivity index (χ1v) is 6.85. The zero-order valence-corrected chi connectivity index (χ0v) is 10.7. The van der Waals surface area contributed by atoms with Crippen LogP contribution in [0.3, 0.4) is 0 Å². The van der Waals surface area contributed by atoms with Crippen LogP contribution in [0.2, 0.25) is 0 Å². The van der Waals surface area contributed by atoms with Gasteiger partial charge in [0.25, 0.3) is 0 Å². The minimum atomic E-state index is 0.514. The van der Waals surface area contributed by atoms with Crippen LogP contribution in [0.5, 0.6) is 0 Å². The van der Waals surface area contributed by atoms with Crippen molar-refractivity contribution in [1.29, 1.82) is 0 Å². The second-order valence-corrected chi connectivity index (χ2v) is 5.27. The van der Waals surface area contributed by atoms with Gasteiger partial charge >= 0.3 is 0 Å². The van der Waals surface area contributed by atoms with Gasteiger partial charge in [-0.3, -0.25) is 4.90 Å². The summed E-state index contributed by atoms with van der Waals surface area (Å²) in [5, 5.41) is 3.46. The largest absolute Gasteiger partial charge is 0.378 e. The Morgan fingerprint density at radius 3 is 2.88 bits per heavy atom. The van der Waals surface area contributed by atoms with Crippen molar-refractivity contribution >= 4 is 0 Å². The third-order valence-corrected chi connectivity index (χ3v) is 4.14. The van der Waals surface area contributed by atoms with Crippen molar-refractivity contribution in [2.75, 3.05) is 26.7 Å². The minimum Gasteiger partial charge on any atom is -0.378 e. The van der Waals surface area contributed by atoms with E-state index in [1.54, 1.807) is 0 Å². The first-order chi connectivity index (χ1) is 7.81. The standard InChI is InChI=1S/C13H26N2O/c1-3-4-13-9-11(6-8-16-13)15(2)12-5-7-14-10-12/h11-14H,3-10H2,1-2H3. The zero-order chi connectivity index (χ0) is 11.4. The SMILES string of the molecule is CCCC1CC(N(C)C2CCNC2)CCO1. The average Bonchev–Trinajstić information content (AvgIpc) is 2.82. The minimum absolute atomic E-state index is 0.514. The molecule has 2 fully saturated rings. The predicted molar refractivity (Wildman–Crippen MR) is 66.7 cm³/mol. The molecule has 3 unspecified atom stereocenters. The van der Waals surface area contributed by atoms with Gasteiger partial charge in [-0.25, -0.2) is 0 Å². The van der Waals surface area contributed by atoms with E-state index in [9.17, 15) is 0 Å². The van der Waals surface area contributed by atoms with Crippen LogP contribution in [0.15, 0.2) is 0 Å². The van der Waals surface area contributed by atoms with Crippen molar-refractivity contribution in [1.82, 2.24) is 10.2 Å². The molecule has 0 spiro atoms. The van der Waals surface area contributed by atoms with Gasteiger partial charge in [-0.2, -0.15) is 0 Å². The highest BCUT2D eigenvalue weighted by Gasteiger charge is 2.29. The molecule has 0 aromatic carbocycles. The molecule has 3 heteroatoms. The van der Waals surface area contributed by atoms with Gasteiger partial charge in [-0.1, -0.05) is 13.3 Å². The highest BCUT2D eigenvalue weighted by molar-refractivity contribution is 4.86.